The number of hydrogen-bond acceptors (Lipinski definition) is 3. The molecule has 1 saturated heterocycles. The molecule has 146 valence electrons. The third-order valence-corrected chi connectivity index (χ3v) is 4.75. The predicted molar refractivity (Wildman–Crippen MR) is 108 cm³/mol. The Bertz CT molecular complexity index is 1020. The molecule has 0 spiro atoms. The normalized spacial score (nSPS) is 16.0. The minimum atomic E-state index is -0.502. The molecule has 5 nitrogen and oxygen atoms in total. The van der Waals surface area contributed by atoms with Gasteiger partial charge in [0.2, 0.25) is 11.8 Å². The van der Waals surface area contributed by atoms with E-state index in [1.807, 2.05) is 36.4 Å². The molecule has 3 aromatic rings. The van der Waals surface area contributed by atoms with Crippen molar-refractivity contribution in [2.75, 3.05) is 16.8 Å². The zero-order valence-electron chi connectivity index (χ0n) is 15.5. The quantitative estimate of drug-likeness (QED) is 0.692. The highest BCUT2D eigenvalue weighted by Gasteiger charge is 2.35. The number of anilines is 2. The lowest BCUT2D eigenvalue weighted by atomic mass is 10.1. The minimum absolute atomic E-state index is 0.102. The number of carbonyl (C=O) groups excluding carboxylic acids is 2. The van der Waals surface area contributed by atoms with Crippen LogP contribution in [0.1, 0.15) is 6.42 Å². The number of halogens is 1. The number of ether oxygens (including phenoxy) is 1. The van der Waals surface area contributed by atoms with Gasteiger partial charge < -0.3 is 15.0 Å². The van der Waals surface area contributed by atoms with Gasteiger partial charge in [-0.15, -0.1) is 0 Å². The smallest absolute Gasteiger partial charge is 0.229 e. The van der Waals surface area contributed by atoms with Gasteiger partial charge in [0.1, 0.15) is 11.6 Å². The van der Waals surface area contributed by atoms with Crippen LogP contribution in [-0.2, 0) is 9.59 Å². The maximum absolute atomic E-state index is 13.1. The molecule has 4 rings (SSSR count). The van der Waals surface area contributed by atoms with Crippen LogP contribution in [0.3, 0.4) is 0 Å². The van der Waals surface area contributed by atoms with E-state index in [0.29, 0.717) is 22.9 Å². The minimum Gasteiger partial charge on any atom is -0.455 e. The zero-order chi connectivity index (χ0) is 20.2. The fourth-order valence-corrected chi connectivity index (χ4v) is 3.26. The highest BCUT2D eigenvalue weighted by molar-refractivity contribution is 6.03. The Morgan fingerprint density at radius 2 is 1.66 bits per heavy atom. The molecule has 0 aliphatic carbocycles. The first-order valence-electron chi connectivity index (χ1n) is 9.29. The monoisotopic (exact) mass is 390 g/mol. The van der Waals surface area contributed by atoms with Crippen LogP contribution in [-0.4, -0.2) is 18.4 Å². The molecule has 1 aliphatic rings. The number of nitrogens with one attached hydrogen (secondary N) is 1. The fourth-order valence-electron chi connectivity index (χ4n) is 3.26. The summed E-state index contributed by atoms with van der Waals surface area (Å²) in [6.07, 6.45) is 0.102. The summed E-state index contributed by atoms with van der Waals surface area (Å²) in [7, 11) is 0. The molecular weight excluding hydrogens is 371 g/mol. The van der Waals surface area contributed by atoms with Gasteiger partial charge >= 0.3 is 0 Å². The summed E-state index contributed by atoms with van der Waals surface area (Å²) < 4.78 is 19.0. The molecule has 1 unspecified atom stereocenters. The predicted octanol–water partition coefficient (Wildman–Crippen LogP) is 4.61. The third-order valence-electron chi connectivity index (χ3n) is 4.75. The number of nitrogens with zero attached hydrogens (tertiary/aromatic N) is 1. The van der Waals surface area contributed by atoms with Crippen LogP contribution in [0.25, 0.3) is 0 Å². The summed E-state index contributed by atoms with van der Waals surface area (Å²) in [5, 5.41) is 2.87. The van der Waals surface area contributed by atoms with Crippen molar-refractivity contribution < 1.29 is 18.7 Å². The van der Waals surface area contributed by atoms with Gasteiger partial charge in [-0.2, -0.15) is 0 Å². The fraction of sp³-hybridized carbons (Fsp3) is 0.130. The van der Waals surface area contributed by atoms with Crippen LogP contribution >= 0.6 is 0 Å². The summed E-state index contributed by atoms with van der Waals surface area (Å²) in [4.78, 5) is 26.7. The number of rotatable bonds is 5. The van der Waals surface area contributed by atoms with Crippen molar-refractivity contribution in [3.8, 4) is 11.5 Å². The van der Waals surface area contributed by atoms with E-state index in [1.165, 1.54) is 29.2 Å². The standard InChI is InChI=1S/C23H19FN2O3/c24-17-10-12-18(13-11-17)26-15-16(14-22(26)27)23(28)25-20-8-4-5-9-21(20)29-19-6-2-1-3-7-19/h1-13,16H,14-15H2,(H,25,28). The van der Waals surface area contributed by atoms with E-state index < -0.39 is 5.92 Å². The van der Waals surface area contributed by atoms with Crippen molar-refractivity contribution in [1.29, 1.82) is 0 Å². The lowest BCUT2D eigenvalue weighted by Crippen LogP contribution is -2.28. The number of benzene rings is 3. The highest BCUT2D eigenvalue weighted by Crippen LogP contribution is 2.31. The van der Waals surface area contributed by atoms with Crippen LogP contribution < -0.4 is 15.0 Å². The van der Waals surface area contributed by atoms with Crippen molar-refractivity contribution in [1.82, 2.24) is 0 Å². The third kappa shape index (κ3) is 4.27. The Balaban J connectivity index is 1.46. The molecule has 0 radical (unpaired) electrons. The lowest BCUT2D eigenvalue weighted by Gasteiger charge is -2.17. The molecule has 1 atom stereocenters. The molecule has 2 amide bonds. The van der Waals surface area contributed by atoms with Gasteiger partial charge in [-0.05, 0) is 48.5 Å². The van der Waals surface area contributed by atoms with Gasteiger partial charge in [-0.25, -0.2) is 4.39 Å². The van der Waals surface area contributed by atoms with E-state index in [0.717, 1.165) is 0 Å². The van der Waals surface area contributed by atoms with Crippen molar-refractivity contribution in [2.45, 2.75) is 6.42 Å². The molecule has 0 bridgehead atoms. The van der Waals surface area contributed by atoms with Crippen LogP contribution in [0.15, 0.2) is 78.9 Å². The second-order valence-electron chi connectivity index (χ2n) is 6.78. The van der Waals surface area contributed by atoms with Crippen LogP contribution in [0.5, 0.6) is 11.5 Å². The van der Waals surface area contributed by atoms with Crippen molar-refractivity contribution >= 4 is 23.2 Å². The van der Waals surface area contributed by atoms with E-state index in [4.69, 9.17) is 4.74 Å². The average molecular weight is 390 g/mol. The first-order chi connectivity index (χ1) is 14.1. The Hall–Kier alpha value is -3.67. The van der Waals surface area contributed by atoms with E-state index in [2.05, 4.69) is 5.32 Å². The molecule has 1 fully saturated rings. The maximum Gasteiger partial charge on any atom is 0.229 e. The molecule has 6 heteroatoms. The number of para-hydroxylation sites is 3. The first kappa shape index (κ1) is 18.7. The van der Waals surface area contributed by atoms with E-state index in [9.17, 15) is 14.0 Å². The van der Waals surface area contributed by atoms with E-state index >= 15 is 0 Å². The van der Waals surface area contributed by atoms with Crippen molar-refractivity contribution in [2.24, 2.45) is 5.92 Å². The highest BCUT2D eigenvalue weighted by atomic mass is 19.1. The van der Waals surface area contributed by atoms with Gasteiger partial charge in [-0.3, -0.25) is 9.59 Å². The van der Waals surface area contributed by atoms with Gasteiger partial charge in [0.25, 0.3) is 0 Å². The van der Waals surface area contributed by atoms with E-state index in [1.54, 1.807) is 18.2 Å². The summed E-state index contributed by atoms with van der Waals surface area (Å²) >= 11 is 0. The largest absolute Gasteiger partial charge is 0.455 e. The van der Waals surface area contributed by atoms with Gasteiger partial charge in [0.15, 0.2) is 5.75 Å². The SMILES string of the molecule is O=C(Nc1ccccc1Oc1ccccc1)C1CC(=O)N(c2ccc(F)cc2)C1. The Labute approximate surface area is 167 Å². The van der Waals surface area contributed by atoms with Gasteiger partial charge in [0, 0.05) is 18.7 Å². The number of carbonyl (C=O) groups is 2. The molecule has 0 aromatic heterocycles. The molecule has 1 heterocycles. The Morgan fingerprint density at radius 3 is 2.41 bits per heavy atom. The summed E-state index contributed by atoms with van der Waals surface area (Å²) in [6.45, 7) is 0.248. The van der Waals surface area contributed by atoms with Crippen LogP contribution in [0.2, 0.25) is 0 Å². The Kier molecular flexibility index (Phi) is 5.24. The molecule has 1 aliphatic heterocycles. The topological polar surface area (TPSA) is 58.6 Å². The second-order valence-corrected chi connectivity index (χ2v) is 6.78. The maximum atomic E-state index is 13.1. The van der Waals surface area contributed by atoms with E-state index in [-0.39, 0.29) is 30.6 Å². The first-order valence-corrected chi connectivity index (χ1v) is 9.29. The molecule has 3 aromatic carbocycles. The number of amides is 2. The zero-order valence-corrected chi connectivity index (χ0v) is 15.5. The van der Waals surface area contributed by atoms with Crippen LogP contribution in [0.4, 0.5) is 15.8 Å². The second kappa shape index (κ2) is 8.14. The molecule has 0 saturated carbocycles. The number of hydrogen-bond donors (Lipinski definition) is 1. The van der Waals surface area contributed by atoms with Gasteiger partial charge in [-0.1, -0.05) is 30.3 Å². The average Bonchev–Trinajstić information content (AvgIpc) is 3.13. The molecule has 29 heavy (non-hydrogen) atoms. The van der Waals surface area contributed by atoms with Crippen molar-refractivity contribution in [3.05, 3.63) is 84.7 Å². The van der Waals surface area contributed by atoms with Crippen LogP contribution in [0, 0.1) is 11.7 Å². The lowest BCUT2D eigenvalue weighted by molar-refractivity contribution is -0.122. The summed E-state index contributed by atoms with van der Waals surface area (Å²) in [5.74, 6) is -0.112. The van der Waals surface area contributed by atoms with Gasteiger partial charge in [0.05, 0.1) is 11.6 Å². The molecule has 1 N–H and O–H groups in total. The summed E-state index contributed by atoms with van der Waals surface area (Å²) in [6, 6.07) is 22.1. The molecular formula is C23H19FN2O3. The summed E-state index contributed by atoms with van der Waals surface area (Å²) in [5.41, 5.74) is 1.12. The van der Waals surface area contributed by atoms with Crippen molar-refractivity contribution in [3.63, 3.8) is 0 Å². The Morgan fingerprint density at radius 1 is 0.966 bits per heavy atom.